The van der Waals surface area contributed by atoms with E-state index in [0.717, 1.165) is 0 Å². The van der Waals surface area contributed by atoms with Crippen LogP contribution in [0.1, 0.15) is 0 Å². The summed E-state index contributed by atoms with van der Waals surface area (Å²) in [5.41, 5.74) is 0. The van der Waals surface area contributed by atoms with Crippen LogP contribution in [0.2, 0.25) is 0 Å². The molecule has 0 fully saturated rings. The zero-order chi connectivity index (χ0) is 15.8. The standard InChI is InChI=1S/C3H6O4.C3H8O3.C3H6O3/c4-1-2(5)3(6)7;2*4-1-3(6)2-5/h2,4-5H,1H2,(H,6,7);3-6H,1-2H2;1,3,5-6H,2H2. The molecular weight excluding hydrogens is 268 g/mol. The molecule has 10 nitrogen and oxygen atoms in total. The molecule has 2 unspecified atom stereocenters. The zero-order valence-corrected chi connectivity index (χ0v) is 10.0. The first-order valence-electron chi connectivity index (χ1n) is 4.96. The second-order valence-corrected chi connectivity index (χ2v) is 2.94. The quantitative estimate of drug-likeness (QED) is 0.220. The summed E-state index contributed by atoms with van der Waals surface area (Å²) in [6, 6.07) is 0. The first-order valence-corrected chi connectivity index (χ1v) is 4.96. The number of aldehydes is 1. The Hall–Kier alpha value is -1.14. The van der Waals surface area contributed by atoms with Crippen molar-refractivity contribution in [3.05, 3.63) is 0 Å². The number of hydrogen-bond donors (Lipinski definition) is 8. The number of rotatable bonds is 6. The van der Waals surface area contributed by atoms with Crippen molar-refractivity contribution in [3.8, 4) is 0 Å². The Morgan fingerprint density at radius 2 is 1.32 bits per heavy atom. The number of carboxylic acid groups (broad SMARTS) is 1. The maximum absolute atomic E-state index is 9.52. The summed E-state index contributed by atoms with van der Waals surface area (Å²) in [4.78, 5) is 18.8. The van der Waals surface area contributed by atoms with Gasteiger partial charge in [0.1, 0.15) is 12.2 Å². The van der Waals surface area contributed by atoms with Crippen molar-refractivity contribution in [2.24, 2.45) is 0 Å². The molecule has 8 N–H and O–H groups in total. The van der Waals surface area contributed by atoms with E-state index < -0.39 is 37.5 Å². The first kappa shape index (κ1) is 23.0. The molecule has 0 aliphatic carbocycles. The molecule has 0 heterocycles. The van der Waals surface area contributed by atoms with E-state index in [4.69, 9.17) is 40.9 Å². The highest BCUT2D eigenvalue weighted by molar-refractivity contribution is 5.71. The van der Waals surface area contributed by atoms with E-state index in [9.17, 15) is 9.59 Å². The topological polar surface area (TPSA) is 196 Å². The lowest BCUT2D eigenvalue weighted by molar-refractivity contribution is -0.148. The van der Waals surface area contributed by atoms with Crippen LogP contribution in [-0.4, -0.2) is 97.8 Å². The Balaban J connectivity index is -0.000000203. The summed E-state index contributed by atoms with van der Waals surface area (Å²) in [6.45, 7) is -1.94. The normalized spacial score (nSPS) is 12.4. The van der Waals surface area contributed by atoms with Gasteiger partial charge < -0.3 is 45.6 Å². The van der Waals surface area contributed by atoms with E-state index >= 15 is 0 Å². The summed E-state index contributed by atoms with van der Waals surface area (Å²) in [5.74, 6) is -1.40. The molecule has 0 aromatic carbocycles. The van der Waals surface area contributed by atoms with E-state index in [1.807, 2.05) is 0 Å². The van der Waals surface area contributed by atoms with E-state index in [-0.39, 0.29) is 19.5 Å². The van der Waals surface area contributed by atoms with Gasteiger partial charge in [-0.2, -0.15) is 0 Å². The minimum Gasteiger partial charge on any atom is -0.479 e. The Morgan fingerprint density at radius 3 is 1.32 bits per heavy atom. The number of aliphatic hydroxyl groups excluding tert-OH is 7. The molecule has 0 aromatic rings. The maximum atomic E-state index is 9.52. The van der Waals surface area contributed by atoms with Gasteiger partial charge in [0.25, 0.3) is 0 Å². The Labute approximate surface area is 108 Å². The molecule has 0 rings (SSSR count). The second-order valence-electron chi connectivity index (χ2n) is 2.94. The number of carbonyl (C=O) groups excluding carboxylic acids is 1. The molecule has 0 spiro atoms. The summed E-state index contributed by atoms with van der Waals surface area (Å²) >= 11 is 0. The monoisotopic (exact) mass is 288 g/mol. The van der Waals surface area contributed by atoms with Crippen molar-refractivity contribution in [2.45, 2.75) is 18.3 Å². The third-order valence-electron chi connectivity index (χ3n) is 1.22. The van der Waals surface area contributed by atoms with E-state index in [0.29, 0.717) is 0 Å². The van der Waals surface area contributed by atoms with Crippen molar-refractivity contribution < 1.29 is 50.4 Å². The molecule has 19 heavy (non-hydrogen) atoms. The highest BCUT2D eigenvalue weighted by atomic mass is 16.4. The van der Waals surface area contributed by atoms with Crippen molar-refractivity contribution >= 4 is 12.3 Å². The van der Waals surface area contributed by atoms with Crippen molar-refractivity contribution in [2.75, 3.05) is 26.4 Å². The number of aliphatic hydroxyl groups is 7. The van der Waals surface area contributed by atoms with Crippen LogP contribution in [0, 0.1) is 0 Å². The average Bonchev–Trinajstić information content (AvgIpc) is 2.45. The number of carboxylic acids is 1. The fourth-order valence-corrected chi connectivity index (χ4v) is 0.179. The zero-order valence-electron chi connectivity index (χ0n) is 10.0. The summed E-state index contributed by atoms with van der Waals surface area (Å²) in [7, 11) is 0. The Bertz CT molecular complexity index is 205. The molecule has 0 aliphatic heterocycles. The van der Waals surface area contributed by atoms with Gasteiger partial charge in [0, 0.05) is 0 Å². The van der Waals surface area contributed by atoms with Crippen LogP contribution < -0.4 is 0 Å². The minimum atomic E-state index is -1.63. The van der Waals surface area contributed by atoms with Gasteiger partial charge >= 0.3 is 5.97 Å². The van der Waals surface area contributed by atoms with Crippen molar-refractivity contribution in [1.82, 2.24) is 0 Å². The average molecular weight is 288 g/mol. The van der Waals surface area contributed by atoms with E-state index in [1.165, 1.54) is 0 Å². The van der Waals surface area contributed by atoms with Crippen molar-refractivity contribution in [3.63, 3.8) is 0 Å². The molecule has 0 aromatic heterocycles. The largest absolute Gasteiger partial charge is 0.479 e. The lowest BCUT2D eigenvalue weighted by atomic mass is 10.4. The molecule has 10 heteroatoms. The van der Waals surface area contributed by atoms with Gasteiger partial charge in [-0.3, -0.25) is 0 Å². The second kappa shape index (κ2) is 16.9. The Kier molecular flexibility index (Phi) is 20.4. The maximum Gasteiger partial charge on any atom is 0.334 e. The molecule has 0 saturated carbocycles. The molecule has 0 saturated heterocycles. The van der Waals surface area contributed by atoms with Crippen molar-refractivity contribution in [1.29, 1.82) is 0 Å². The smallest absolute Gasteiger partial charge is 0.334 e. The predicted molar refractivity (Wildman–Crippen MR) is 60.1 cm³/mol. The van der Waals surface area contributed by atoms with Gasteiger partial charge in [0.2, 0.25) is 0 Å². The van der Waals surface area contributed by atoms with E-state index in [1.54, 1.807) is 0 Å². The lowest BCUT2D eigenvalue weighted by Gasteiger charge is -1.96. The summed E-state index contributed by atoms with van der Waals surface area (Å²) < 4.78 is 0. The molecule has 0 radical (unpaired) electrons. The van der Waals surface area contributed by atoms with Crippen LogP contribution in [0.5, 0.6) is 0 Å². The molecule has 0 amide bonds. The molecular formula is C9H20O10. The highest BCUT2D eigenvalue weighted by Gasteiger charge is 2.08. The minimum absolute atomic E-state index is 0.278. The fraction of sp³-hybridized carbons (Fsp3) is 0.778. The third kappa shape index (κ3) is 22.5. The summed E-state index contributed by atoms with van der Waals surface area (Å²) in [6.07, 6.45) is -3.49. The van der Waals surface area contributed by atoms with Gasteiger partial charge in [-0.15, -0.1) is 0 Å². The third-order valence-corrected chi connectivity index (χ3v) is 1.22. The van der Waals surface area contributed by atoms with Crippen LogP contribution in [0.4, 0.5) is 0 Å². The number of carbonyl (C=O) groups is 2. The molecule has 2 atom stereocenters. The molecule has 116 valence electrons. The molecule has 0 aliphatic rings. The van der Waals surface area contributed by atoms with Gasteiger partial charge in [0.15, 0.2) is 12.4 Å². The van der Waals surface area contributed by atoms with Crippen LogP contribution in [0.3, 0.4) is 0 Å². The van der Waals surface area contributed by atoms with Crippen LogP contribution >= 0.6 is 0 Å². The van der Waals surface area contributed by atoms with Gasteiger partial charge in [0.05, 0.1) is 26.4 Å². The highest BCUT2D eigenvalue weighted by Crippen LogP contribution is 1.76. The first-order chi connectivity index (χ1) is 8.80. The van der Waals surface area contributed by atoms with Gasteiger partial charge in [-0.25, -0.2) is 4.79 Å². The molecule has 0 bridgehead atoms. The van der Waals surface area contributed by atoms with Crippen LogP contribution in [0.25, 0.3) is 0 Å². The van der Waals surface area contributed by atoms with Gasteiger partial charge in [-0.05, 0) is 0 Å². The van der Waals surface area contributed by atoms with Crippen LogP contribution in [-0.2, 0) is 9.59 Å². The van der Waals surface area contributed by atoms with Crippen LogP contribution in [0.15, 0.2) is 0 Å². The number of aliphatic carboxylic acids is 1. The van der Waals surface area contributed by atoms with Gasteiger partial charge in [-0.1, -0.05) is 0 Å². The Morgan fingerprint density at radius 1 is 0.895 bits per heavy atom. The fourth-order valence-electron chi connectivity index (χ4n) is 0.179. The lowest BCUT2D eigenvalue weighted by Crippen LogP contribution is -2.22. The predicted octanol–water partition coefficient (Wildman–Crippen LogP) is -4.71. The number of hydrogen-bond acceptors (Lipinski definition) is 9. The summed E-state index contributed by atoms with van der Waals surface area (Å²) in [5, 5.41) is 63.7. The SMILES string of the molecule is O=C(O)C(O)CO.O=CC(O)CO.OCC(O)CO. The van der Waals surface area contributed by atoms with E-state index in [2.05, 4.69) is 0 Å².